The lowest BCUT2D eigenvalue weighted by Crippen LogP contribution is -2.22. The fourth-order valence-electron chi connectivity index (χ4n) is 2.04. The Bertz CT molecular complexity index is 356. The monoisotopic (exact) mass is 288 g/mol. The van der Waals surface area contributed by atoms with Crippen molar-refractivity contribution in [1.82, 2.24) is 10.3 Å². The summed E-state index contributed by atoms with van der Waals surface area (Å²) in [6.45, 7) is 5.24. The molecule has 0 amide bonds. The Morgan fingerprint density at radius 1 is 1.22 bits per heavy atom. The highest BCUT2D eigenvalue weighted by Gasteiger charge is 2.15. The molecule has 0 aromatic carbocycles. The number of hydrogen-bond acceptors (Lipinski definition) is 2. The molecule has 1 rings (SSSR count). The minimum Gasteiger partial charge on any atom is -0.309 e. The van der Waals surface area contributed by atoms with Crippen molar-refractivity contribution in [2.75, 3.05) is 6.54 Å². The summed E-state index contributed by atoms with van der Waals surface area (Å²) in [7, 11) is 0. The van der Waals surface area contributed by atoms with Crippen LogP contribution in [-0.4, -0.2) is 11.5 Å². The van der Waals surface area contributed by atoms with E-state index < -0.39 is 0 Å². The van der Waals surface area contributed by atoms with Crippen molar-refractivity contribution in [3.63, 3.8) is 0 Å². The SMILES string of the molecule is CCCCCCC(NCC)c1ncc(Cl)cc1Cl. The topological polar surface area (TPSA) is 24.9 Å². The number of unbranched alkanes of at least 4 members (excludes halogenated alkanes) is 3. The van der Waals surface area contributed by atoms with Gasteiger partial charge in [0.1, 0.15) is 0 Å². The van der Waals surface area contributed by atoms with Crippen LogP contribution >= 0.6 is 23.2 Å². The maximum absolute atomic E-state index is 6.21. The smallest absolute Gasteiger partial charge is 0.0760 e. The summed E-state index contributed by atoms with van der Waals surface area (Å²) in [5.74, 6) is 0. The van der Waals surface area contributed by atoms with Gasteiger partial charge < -0.3 is 5.32 Å². The quantitative estimate of drug-likeness (QED) is 0.680. The van der Waals surface area contributed by atoms with Gasteiger partial charge in [0.15, 0.2) is 0 Å². The van der Waals surface area contributed by atoms with Gasteiger partial charge in [-0.25, -0.2) is 0 Å². The maximum Gasteiger partial charge on any atom is 0.0760 e. The number of pyridine rings is 1. The van der Waals surface area contributed by atoms with Gasteiger partial charge in [0, 0.05) is 6.20 Å². The van der Waals surface area contributed by atoms with Crippen molar-refractivity contribution < 1.29 is 0 Å². The molecule has 0 aliphatic rings. The summed E-state index contributed by atoms with van der Waals surface area (Å²) in [4.78, 5) is 4.37. The van der Waals surface area contributed by atoms with Crippen LogP contribution in [0.4, 0.5) is 0 Å². The molecule has 0 saturated heterocycles. The van der Waals surface area contributed by atoms with Crippen LogP contribution in [0.15, 0.2) is 12.3 Å². The number of nitrogens with zero attached hydrogens (tertiary/aromatic N) is 1. The molecule has 0 aliphatic heterocycles. The van der Waals surface area contributed by atoms with Gasteiger partial charge >= 0.3 is 0 Å². The summed E-state index contributed by atoms with van der Waals surface area (Å²) < 4.78 is 0. The Morgan fingerprint density at radius 3 is 2.61 bits per heavy atom. The third kappa shape index (κ3) is 5.13. The minimum absolute atomic E-state index is 0.233. The summed E-state index contributed by atoms with van der Waals surface area (Å²) >= 11 is 12.1. The fraction of sp³-hybridized carbons (Fsp3) is 0.643. The third-order valence-electron chi connectivity index (χ3n) is 2.96. The van der Waals surface area contributed by atoms with E-state index in [1.807, 2.05) is 0 Å². The van der Waals surface area contributed by atoms with Crippen LogP contribution in [0.5, 0.6) is 0 Å². The van der Waals surface area contributed by atoms with E-state index in [-0.39, 0.29) is 6.04 Å². The molecule has 1 aromatic rings. The minimum atomic E-state index is 0.233. The van der Waals surface area contributed by atoms with Gasteiger partial charge in [-0.05, 0) is 19.0 Å². The largest absolute Gasteiger partial charge is 0.309 e. The van der Waals surface area contributed by atoms with Gasteiger partial charge in [-0.1, -0.05) is 62.7 Å². The average molecular weight is 289 g/mol. The van der Waals surface area contributed by atoms with Crippen molar-refractivity contribution >= 4 is 23.2 Å². The van der Waals surface area contributed by atoms with Gasteiger partial charge in [0.2, 0.25) is 0 Å². The van der Waals surface area contributed by atoms with Crippen molar-refractivity contribution in [1.29, 1.82) is 0 Å². The van der Waals surface area contributed by atoms with Gasteiger partial charge in [-0.2, -0.15) is 0 Å². The first-order valence-electron chi connectivity index (χ1n) is 6.73. The molecule has 1 N–H and O–H groups in total. The second kappa shape index (κ2) is 8.73. The summed E-state index contributed by atoms with van der Waals surface area (Å²) in [6.07, 6.45) is 7.75. The predicted octanol–water partition coefficient (Wildman–Crippen LogP) is 5.01. The summed E-state index contributed by atoms with van der Waals surface area (Å²) in [5, 5.41) is 4.69. The van der Waals surface area contributed by atoms with Crippen LogP contribution in [0.3, 0.4) is 0 Å². The van der Waals surface area contributed by atoms with Gasteiger partial charge in [0.05, 0.1) is 21.8 Å². The number of halogens is 2. The van der Waals surface area contributed by atoms with Crippen molar-refractivity contribution in [2.45, 2.75) is 52.0 Å². The Hall–Kier alpha value is -0.310. The zero-order valence-corrected chi connectivity index (χ0v) is 12.7. The van der Waals surface area contributed by atoms with Crippen molar-refractivity contribution in [2.24, 2.45) is 0 Å². The molecule has 0 spiro atoms. The molecular weight excluding hydrogens is 267 g/mol. The van der Waals surface area contributed by atoms with Crippen LogP contribution in [0.1, 0.15) is 57.7 Å². The Morgan fingerprint density at radius 2 is 2.00 bits per heavy atom. The van der Waals surface area contributed by atoms with E-state index in [0.29, 0.717) is 10.0 Å². The maximum atomic E-state index is 6.21. The van der Waals surface area contributed by atoms with Gasteiger partial charge in [-0.3, -0.25) is 4.98 Å². The molecular formula is C14H22Cl2N2. The number of rotatable bonds is 8. The zero-order chi connectivity index (χ0) is 13.4. The average Bonchev–Trinajstić information content (AvgIpc) is 2.34. The second-order valence-electron chi connectivity index (χ2n) is 4.48. The van der Waals surface area contributed by atoms with Crippen LogP contribution in [-0.2, 0) is 0 Å². The molecule has 102 valence electrons. The fourth-order valence-corrected chi connectivity index (χ4v) is 2.55. The molecule has 2 nitrogen and oxygen atoms in total. The Labute approximate surface area is 120 Å². The molecule has 0 fully saturated rings. The Kier molecular flexibility index (Phi) is 7.64. The van der Waals surface area contributed by atoms with Crippen molar-refractivity contribution in [3.8, 4) is 0 Å². The van der Waals surface area contributed by atoms with Crippen LogP contribution < -0.4 is 5.32 Å². The normalized spacial score (nSPS) is 12.7. The lowest BCUT2D eigenvalue weighted by Gasteiger charge is -2.18. The second-order valence-corrected chi connectivity index (χ2v) is 5.32. The zero-order valence-electron chi connectivity index (χ0n) is 11.2. The van der Waals surface area contributed by atoms with E-state index in [9.17, 15) is 0 Å². The molecule has 0 aliphatic carbocycles. The number of hydrogen-bond donors (Lipinski definition) is 1. The van der Waals surface area contributed by atoms with E-state index in [1.165, 1.54) is 25.7 Å². The van der Waals surface area contributed by atoms with E-state index in [1.54, 1.807) is 12.3 Å². The number of aromatic nitrogens is 1. The molecule has 18 heavy (non-hydrogen) atoms. The first-order chi connectivity index (χ1) is 8.69. The van der Waals surface area contributed by atoms with E-state index >= 15 is 0 Å². The summed E-state index contributed by atoms with van der Waals surface area (Å²) in [5.41, 5.74) is 0.916. The lowest BCUT2D eigenvalue weighted by molar-refractivity contribution is 0.473. The molecule has 1 heterocycles. The van der Waals surface area contributed by atoms with E-state index in [0.717, 1.165) is 18.7 Å². The van der Waals surface area contributed by atoms with Gasteiger partial charge in [-0.15, -0.1) is 0 Å². The molecule has 0 radical (unpaired) electrons. The molecule has 1 unspecified atom stereocenters. The first kappa shape index (κ1) is 15.7. The highest BCUT2D eigenvalue weighted by molar-refractivity contribution is 6.34. The first-order valence-corrected chi connectivity index (χ1v) is 7.49. The van der Waals surface area contributed by atoms with Crippen LogP contribution in [0.2, 0.25) is 10.0 Å². The molecule has 0 bridgehead atoms. The Balaban J connectivity index is 2.64. The molecule has 1 aromatic heterocycles. The van der Waals surface area contributed by atoms with Crippen molar-refractivity contribution in [3.05, 3.63) is 28.0 Å². The summed E-state index contributed by atoms with van der Waals surface area (Å²) in [6, 6.07) is 2.00. The number of nitrogens with one attached hydrogen (secondary N) is 1. The molecule has 0 saturated carbocycles. The van der Waals surface area contributed by atoms with Gasteiger partial charge in [0.25, 0.3) is 0 Å². The predicted molar refractivity (Wildman–Crippen MR) is 79.4 cm³/mol. The highest BCUT2D eigenvalue weighted by atomic mass is 35.5. The standard InChI is InChI=1S/C14H22Cl2N2/c1-3-5-6-7-8-13(17-4-2)14-12(16)9-11(15)10-18-14/h9-10,13,17H,3-8H2,1-2H3. The lowest BCUT2D eigenvalue weighted by atomic mass is 10.0. The highest BCUT2D eigenvalue weighted by Crippen LogP contribution is 2.27. The molecule has 4 heteroatoms. The van der Waals surface area contributed by atoms with E-state index in [4.69, 9.17) is 23.2 Å². The van der Waals surface area contributed by atoms with Crippen LogP contribution in [0.25, 0.3) is 0 Å². The molecule has 1 atom stereocenters. The van der Waals surface area contributed by atoms with E-state index in [2.05, 4.69) is 24.1 Å². The van der Waals surface area contributed by atoms with Crippen LogP contribution in [0, 0.1) is 0 Å². The third-order valence-corrected chi connectivity index (χ3v) is 3.47.